The lowest BCUT2D eigenvalue weighted by Gasteiger charge is -2.09. The van der Waals surface area contributed by atoms with Crippen LogP contribution in [0.1, 0.15) is 34.2 Å². The fraction of sp³-hybridized carbons (Fsp3) is 0.200. The normalized spacial score (nSPS) is 18.4. The molecule has 28 heavy (non-hydrogen) atoms. The van der Waals surface area contributed by atoms with E-state index in [1.807, 2.05) is 25.1 Å². The number of carbonyl (C=O) groups is 1. The van der Waals surface area contributed by atoms with Crippen molar-refractivity contribution in [2.45, 2.75) is 25.4 Å². The molecule has 3 aromatic heterocycles. The van der Waals surface area contributed by atoms with Crippen LogP contribution in [0.2, 0.25) is 0 Å². The molecule has 1 aromatic carbocycles. The molecule has 1 fully saturated rings. The molecule has 0 unspecified atom stereocenters. The Hall–Kier alpha value is -3.55. The van der Waals surface area contributed by atoms with Gasteiger partial charge in [-0.05, 0) is 37.1 Å². The third kappa shape index (κ3) is 2.83. The monoisotopic (exact) mass is 377 g/mol. The Kier molecular flexibility index (Phi) is 3.71. The topological polar surface area (TPSA) is 96.7 Å². The molecular formula is C20H16FN5O2. The zero-order chi connectivity index (χ0) is 19.3. The molecule has 0 spiro atoms. The molecule has 8 heteroatoms. The first-order valence-electron chi connectivity index (χ1n) is 8.92. The van der Waals surface area contributed by atoms with Crippen LogP contribution in [0.25, 0.3) is 22.4 Å². The summed E-state index contributed by atoms with van der Waals surface area (Å²) < 4.78 is 18.4. The summed E-state index contributed by atoms with van der Waals surface area (Å²) in [5.41, 5.74) is 3.39. The molecule has 2 N–H and O–H groups in total. The number of alkyl halides is 1. The van der Waals surface area contributed by atoms with E-state index in [2.05, 4.69) is 25.4 Å². The maximum absolute atomic E-state index is 13.2. The number of fused-ring (bicyclic) bond motifs is 1. The minimum atomic E-state index is -0.896. The van der Waals surface area contributed by atoms with Gasteiger partial charge in [0.15, 0.2) is 0 Å². The van der Waals surface area contributed by atoms with Gasteiger partial charge in [0.05, 0.1) is 11.5 Å². The average molecular weight is 377 g/mol. The summed E-state index contributed by atoms with van der Waals surface area (Å²) in [5.74, 6) is 0.161. The number of aromatic nitrogens is 4. The summed E-state index contributed by atoms with van der Waals surface area (Å²) in [5, 5.41) is 7.63. The van der Waals surface area contributed by atoms with E-state index in [9.17, 15) is 9.18 Å². The van der Waals surface area contributed by atoms with Gasteiger partial charge in [-0.15, -0.1) is 0 Å². The van der Waals surface area contributed by atoms with Gasteiger partial charge in [-0.1, -0.05) is 17.3 Å². The summed E-state index contributed by atoms with van der Waals surface area (Å²) in [6, 6.07) is 9.12. The molecule has 0 saturated heterocycles. The highest BCUT2D eigenvalue weighted by molar-refractivity contribution is 6.12. The van der Waals surface area contributed by atoms with E-state index in [1.165, 1.54) is 0 Å². The van der Waals surface area contributed by atoms with Crippen molar-refractivity contribution in [1.29, 1.82) is 0 Å². The lowest BCUT2D eigenvalue weighted by molar-refractivity contribution is 0.102. The van der Waals surface area contributed by atoms with Gasteiger partial charge in [0, 0.05) is 29.0 Å². The summed E-state index contributed by atoms with van der Waals surface area (Å²) in [4.78, 5) is 24.3. The van der Waals surface area contributed by atoms with Crippen molar-refractivity contribution >= 4 is 22.6 Å². The minimum Gasteiger partial charge on any atom is -0.345 e. The van der Waals surface area contributed by atoms with Gasteiger partial charge in [-0.25, -0.2) is 9.37 Å². The number of aromatic amines is 1. The van der Waals surface area contributed by atoms with Crippen molar-refractivity contribution < 1.29 is 13.7 Å². The van der Waals surface area contributed by atoms with E-state index in [-0.39, 0.29) is 11.8 Å². The number of pyridine rings is 1. The van der Waals surface area contributed by atoms with Crippen LogP contribution < -0.4 is 5.32 Å². The highest BCUT2D eigenvalue weighted by Crippen LogP contribution is 2.43. The molecule has 4 aromatic rings. The van der Waals surface area contributed by atoms with E-state index in [0.29, 0.717) is 40.6 Å². The first kappa shape index (κ1) is 16.6. The van der Waals surface area contributed by atoms with Crippen LogP contribution in [0.4, 0.5) is 10.1 Å². The largest absolute Gasteiger partial charge is 0.345 e. The number of anilines is 1. The highest BCUT2D eigenvalue weighted by atomic mass is 19.1. The standard InChI is InChI=1S/C20H16FN5O2/c1-10-4-5-11(17-25-20(28-26-17)13-8-15(13)21)7-16(10)24-19(27)14-9-23-18-12(14)3-2-6-22-18/h2-7,9,13,15H,8H2,1H3,(H,22,23)(H,24,27)/t13-,15-/m0/s1. The molecule has 0 aliphatic heterocycles. The van der Waals surface area contributed by atoms with E-state index in [4.69, 9.17) is 4.52 Å². The lowest BCUT2D eigenvalue weighted by Crippen LogP contribution is -2.12. The van der Waals surface area contributed by atoms with Crippen molar-refractivity contribution in [1.82, 2.24) is 20.1 Å². The zero-order valence-electron chi connectivity index (χ0n) is 14.9. The highest BCUT2D eigenvalue weighted by Gasteiger charge is 2.43. The second-order valence-corrected chi connectivity index (χ2v) is 6.90. The SMILES string of the molecule is Cc1ccc(-c2noc([C@H]3C[C@@H]3F)n2)cc1NC(=O)c1c[nH]c2ncccc12. The predicted molar refractivity (Wildman–Crippen MR) is 101 cm³/mol. The van der Waals surface area contributed by atoms with Crippen LogP contribution in [0, 0.1) is 6.92 Å². The Bertz CT molecular complexity index is 1200. The maximum Gasteiger partial charge on any atom is 0.257 e. The first-order valence-corrected chi connectivity index (χ1v) is 8.92. The second-order valence-electron chi connectivity index (χ2n) is 6.90. The molecule has 5 rings (SSSR count). The van der Waals surface area contributed by atoms with Gasteiger partial charge in [-0.3, -0.25) is 4.79 Å². The van der Waals surface area contributed by atoms with Crippen molar-refractivity contribution in [2.75, 3.05) is 5.32 Å². The van der Waals surface area contributed by atoms with E-state index in [1.54, 1.807) is 24.5 Å². The van der Waals surface area contributed by atoms with Gasteiger partial charge in [0.25, 0.3) is 5.91 Å². The number of aryl methyl sites for hydroxylation is 1. The number of nitrogens with one attached hydrogen (secondary N) is 2. The smallest absolute Gasteiger partial charge is 0.257 e. The van der Waals surface area contributed by atoms with Crippen LogP contribution in [-0.4, -0.2) is 32.2 Å². The molecule has 1 aliphatic carbocycles. The van der Waals surface area contributed by atoms with Gasteiger partial charge < -0.3 is 14.8 Å². The maximum atomic E-state index is 13.2. The number of hydrogen-bond acceptors (Lipinski definition) is 5. The third-order valence-corrected chi connectivity index (χ3v) is 4.91. The fourth-order valence-corrected chi connectivity index (χ4v) is 3.15. The summed E-state index contributed by atoms with van der Waals surface area (Å²) >= 11 is 0. The average Bonchev–Trinajstić information content (AvgIpc) is 3.12. The molecule has 1 saturated carbocycles. The van der Waals surface area contributed by atoms with Crippen molar-refractivity contribution in [3.05, 3.63) is 59.7 Å². The van der Waals surface area contributed by atoms with Gasteiger partial charge in [-0.2, -0.15) is 4.98 Å². The Labute approximate surface area is 159 Å². The molecular weight excluding hydrogens is 361 g/mol. The van der Waals surface area contributed by atoms with Crippen LogP contribution in [-0.2, 0) is 0 Å². The van der Waals surface area contributed by atoms with Gasteiger partial charge in [0.2, 0.25) is 11.7 Å². The Morgan fingerprint density at radius 2 is 2.21 bits per heavy atom. The molecule has 2 atom stereocenters. The molecule has 140 valence electrons. The van der Waals surface area contributed by atoms with E-state index in [0.717, 1.165) is 10.9 Å². The summed E-state index contributed by atoms with van der Waals surface area (Å²) in [6.45, 7) is 1.90. The number of H-pyrrole nitrogens is 1. The number of amides is 1. The molecule has 3 heterocycles. The minimum absolute atomic E-state index is 0.244. The Morgan fingerprint density at radius 3 is 3.04 bits per heavy atom. The fourth-order valence-electron chi connectivity index (χ4n) is 3.15. The van der Waals surface area contributed by atoms with Crippen LogP contribution in [0.3, 0.4) is 0 Å². The number of benzene rings is 1. The molecule has 0 radical (unpaired) electrons. The van der Waals surface area contributed by atoms with Gasteiger partial charge >= 0.3 is 0 Å². The quantitative estimate of drug-likeness (QED) is 0.560. The summed E-state index contributed by atoms with van der Waals surface area (Å²) in [6.07, 6.45) is 2.84. The second kappa shape index (κ2) is 6.26. The molecule has 1 aliphatic rings. The van der Waals surface area contributed by atoms with E-state index >= 15 is 0 Å². The number of nitrogens with zero attached hydrogens (tertiary/aromatic N) is 3. The van der Waals surface area contributed by atoms with E-state index < -0.39 is 6.17 Å². The van der Waals surface area contributed by atoms with Crippen molar-refractivity contribution in [2.24, 2.45) is 0 Å². The predicted octanol–water partition coefficient (Wildman–Crippen LogP) is 4.00. The van der Waals surface area contributed by atoms with Gasteiger partial charge in [0.1, 0.15) is 11.8 Å². The Morgan fingerprint density at radius 1 is 1.36 bits per heavy atom. The number of rotatable bonds is 4. The van der Waals surface area contributed by atoms with Crippen LogP contribution >= 0.6 is 0 Å². The number of halogens is 1. The molecule has 7 nitrogen and oxygen atoms in total. The molecule has 0 bridgehead atoms. The van der Waals surface area contributed by atoms with Crippen LogP contribution in [0.15, 0.2) is 47.2 Å². The molecule has 1 amide bonds. The van der Waals surface area contributed by atoms with Crippen molar-refractivity contribution in [3.8, 4) is 11.4 Å². The number of carbonyl (C=O) groups excluding carboxylic acids is 1. The Balaban J connectivity index is 1.43. The third-order valence-electron chi connectivity index (χ3n) is 4.91. The summed E-state index contributed by atoms with van der Waals surface area (Å²) in [7, 11) is 0. The van der Waals surface area contributed by atoms with Crippen molar-refractivity contribution in [3.63, 3.8) is 0 Å². The zero-order valence-corrected chi connectivity index (χ0v) is 14.9. The number of hydrogen-bond donors (Lipinski definition) is 2. The van der Waals surface area contributed by atoms with Crippen LogP contribution in [0.5, 0.6) is 0 Å². The lowest BCUT2D eigenvalue weighted by atomic mass is 10.1. The first-order chi connectivity index (χ1) is 13.6.